The van der Waals surface area contributed by atoms with Gasteiger partial charge >= 0.3 is 0 Å². The Hall–Kier alpha value is -1.69. The van der Waals surface area contributed by atoms with Gasteiger partial charge in [0.25, 0.3) is 0 Å². The van der Waals surface area contributed by atoms with E-state index in [0.717, 1.165) is 30.2 Å². The number of aryl methyl sites for hydroxylation is 2. The van der Waals surface area contributed by atoms with E-state index >= 15 is 0 Å². The first-order valence-electron chi connectivity index (χ1n) is 7.70. The summed E-state index contributed by atoms with van der Waals surface area (Å²) >= 11 is 0. The fourth-order valence-electron chi connectivity index (χ4n) is 2.95. The molecule has 1 saturated heterocycles. The number of hydrogen-bond acceptors (Lipinski definition) is 5. The van der Waals surface area contributed by atoms with Gasteiger partial charge in [0, 0.05) is 24.3 Å². The Labute approximate surface area is 124 Å². The lowest BCUT2D eigenvalue weighted by Gasteiger charge is -2.27. The third-order valence-electron chi connectivity index (χ3n) is 4.07. The average Bonchev–Trinajstić information content (AvgIpc) is 2.53. The highest BCUT2D eigenvalue weighted by molar-refractivity contribution is 5.81. The van der Waals surface area contributed by atoms with E-state index in [1.165, 1.54) is 18.4 Å². The molecule has 0 spiro atoms. The lowest BCUT2D eigenvalue weighted by atomic mass is 9.96. The van der Waals surface area contributed by atoms with E-state index in [1.54, 1.807) is 0 Å². The highest BCUT2D eigenvalue weighted by Crippen LogP contribution is 2.25. The van der Waals surface area contributed by atoms with Gasteiger partial charge in [0.2, 0.25) is 5.91 Å². The molecule has 1 aromatic heterocycles. The number of nitrogens with one attached hydrogen (secondary N) is 1. The van der Waals surface area contributed by atoms with E-state index < -0.39 is 0 Å². The minimum absolute atomic E-state index is 0.110. The largest absolute Gasteiger partial charge is 0.378 e. The summed E-state index contributed by atoms with van der Waals surface area (Å²) in [6.07, 6.45) is 4.38. The van der Waals surface area contributed by atoms with Gasteiger partial charge < -0.3 is 15.0 Å². The zero-order chi connectivity index (χ0) is 14.7. The smallest absolute Gasteiger partial charge is 0.242 e. The van der Waals surface area contributed by atoms with Crippen LogP contribution in [0.3, 0.4) is 0 Å². The fourth-order valence-corrected chi connectivity index (χ4v) is 2.95. The highest BCUT2D eigenvalue weighted by atomic mass is 16.5. The number of hydrogen-bond donors (Lipinski definition) is 1. The van der Waals surface area contributed by atoms with Gasteiger partial charge in [-0.25, -0.2) is 9.97 Å². The Balaban J connectivity index is 1.67. The molecular weight excluding hydrogens is 268 g/mol. The summed E-state index contributed by atoms with van der Waals surface area (Å²) in [7, 11) is 0. The predicted molar refractivity (Wildman–Crippen MR) is 79.3 cm³/mol. The summed E-state index contributed by atoms with van der Waals surface area (Å²) in [4.78, 5) is 23.0. The van der Waals surface area contributed by atoms with Crippen LogP contribution in [0, 0.1) is 6.92 Å². The maximum atomic E-state index is 12.2. The van der Waals surface area contributed by atoms with Gasteiger partial charge in [-0.05, 0) is 32.6 Å². The molecule has 0 saturated carbocycles. The van der Waals surface area contributed by atoms with Gasteiger partial charge in [-0.2, -0.15) is 0 Å². The number of amides is 1. The molecule has 1 fully saturated rings. The standard InChI is InChI=1S/C15H22N4O2/c1-11-17-13-5-3-2-4-12(13)15(18-11)16-10-14(20)19-6-8-21-9-7-19/h2-10H2,1H3,(H,16,17,18). The van der Waals surface area contributed by atoms with Crippen molar-refractivity contribution in [3.8, 4) is 0 Å². The van der Waals surface area contributed by atoms with Crippen molar-refractivity contribution in [1.29, 1.82) is 0 Å². The molecule has 0 bridgehead atoms. The van der Waals surface area contributed by atoms with Crippen molar-refractivity contribution in [1.82, 2.24) is 14.9 Å². The van der Waals surface area contributed by atoms with Crippen LogP contribution in [0.2, 0.25) is 0 Å². The van der Waals surface area contributed by atoms with Gasteiger partial charge in [-0.3, -0.25) is 4.79 Å². The number of anilines is 1. The first-order chi connectivity index (χ1) is 10.2. The summed E-state index contributed by atoms with van der Waals surface area (Å²) in [5.41, 5.74) is 2.34. The van der Waals surface area contributed by atoms with Crippen LogP contribution in [0.1, 0.15) is 29.9 Å². The molecular formula is C15H22N4O2. The Morgan fingerprint density at radius 2 is 2.00 bits per heavy atom. The summed E-state index contributed by atoms with van der Waals surface area (Å²) < 4.78 is 5.27. The second-order valence-corrected chi connectivity index (χ2v) is 5.60. The molecule has 21 heavy (non-hydrogen) atoms. The molecule has 1 aromatic rings. The van der Waals surface area contributed by atoms with Gasteiger partial charge in [-0.1, -0.05) is 0 Å². The van der Waals surface area contributed by atoms with E-state index in [2.05, 4.69) is 15.3 Å². The van der Waals surface area contributed by atoms with Crippen molar-refractivity contribution >= 4 is 11.7 Å². The molecule has 3 rings (SSSR count). The molecule has 1 aliphatic carbocycles. The Kier molecular flexibility index (Phi) is 4.34. The third-order valence-corrected chi connectivity index (χ3v) is 4.07. The SMILES string of the molecule is Cc1nc2c(c(NCC(=O)N3CCOCC3)n1)CCCC2. The zero-order valence-electron chi connectivity index (χ0n) is 12.5. The maximum Gasteiger partial charge on any atom is 0.242 e. The minimum Gasteiger partial charge on any atom is -0.378 e. The Morgan fingerprint density at radius 1 is 1.24 bits per heavy atom. The molecule has 0 unspecified atom stereocenters. The van der Waals surface area contributed by atoms with Crippen molar-refractivity contribution in [3.05, 3.63) is 17.1 Å². The summed E-state index contributed by atoms with van der Waals surface area (Å²) in [5.74, 6) is 1.73. The normalized spacial score (nSPS) is 18.2. The minimum atomic E-state index is 0.110. The second-order valence-electron chi connectivity index (χ2n) is 5.60. The zero-order valence-corrected chi connectivity index (χ0v) is 12.5. The number of carbonyl (C=O) groups is 1. The maximum absolute atomic E-state index is 12.2. The van der Waals surface area contributed by atoms with Gasteiger partial charge in [0.15, 0.2) is 0 Å². The molecule has 6 heteroatoms. The van der Waals surface area contributed by atoms with Gasteiger partial charge in [0.05, 0.1) is 19.8 Å². The number of fused-ring (bicyclic) bond motifs is 1. The molecule has 0 atom stereocenters. The average molecular weight is 290 g/mol. The molecule has 0 radical (unpaired) electrons. The van der Waals surface area contributed by atoms with Crippen LogP contribution in [-0.2, 0) is 22.4 Å². The highest BCUT2D eigenvalue weighted by Gasteiger charge is 2.19. The van der Waals surface area contributed by atoms with Gasteiger partial charge in [0.1, 0.15) is 11.6 Å². The van der Waals surface area contributed by atoms with Gasteiger partial charge in [-0.15, -0.1) is 0 Å². The van der Waals surface area contributed by atoms with Crippen LogP contribution in [0.4, 0.5) is 5.82 Å². The Morgan fingerprint density at radius 3 is 2.81 bits per heavy atom. The molecule has 2 aliphatic rings. The molecule has 6 nitrogen and oxygen atoms in total. The van der Waals surface area contributed by atoms with E-state index in [0.29, 0.717) is 32.8 Å². The van der Waals surface area contributed by atoms with Crippen LogP contribution in [0.25, 0.3) is 0 Å². The van der Waals surface area contributed by atoms with Crippen molar-refractivity contribution in [2.24, 2.45) is 0 Å². The van der Waals surface area contributed by atoms with E-state index in [9.17, 15) is 4.79 Å². The molecule has 2 heterocycles. The second kappa shape index (κ2) is 6.39. The fraction of sp³-hybridized carbons (Fsp3) is 0.667. The molecule has 1 amide bonds. The van der Waals surface area contributed by atoms with E-state index in [-0.39, 0.29) is 5.91 Å². The number of morpholine rings is 1. The predicted octanol–water partition coefficient (Wildman–Crippen LogP) is 0.935. The molecule has 0 aromatic carbocycles. The van der Waals surface area contributed by atoms with E-state index in [4.69, 9.17) is 4.74 Å². The number of nitrogens with zero attached hydrogens (tertiary/aromatic N) is 3. The number of ether oxygens (including phenoxy) is 1. The third kappa shape index (κ3) is 3.32. The quantitative estimate of drug-likeness (QED) is 0.897. The number of aromatic nitrogens is 2. The topological polar surface area (TPSA) is 67.4 Å². The van der Waals surface area contributed by atoms with Crippen LogP contribution >= 0.6 is 0 Å². The number of rotatable bonds is 3. The summed E-state index contributed by atoms with van der Waals surface area (Å²) in [5, 5.41) is 3.23. The first kappa shape index (κ1) is 14.3. The summed E-state index contributed by atoms with van der Waals surface area (Å²) in [6.45, 7) is 4.83. The summed E-state index contributed by atoms with van der Waals surface area (Å²) in [6, 6.07) is 0. The van der Waals surface area contributed by atoms with Crippen LogP contribution in [0.15, 0.2) is 0 Å². The molecule has 1 aliphatic heterocycles. The van der Waals surface area contributed by atoms with E-state index in [1.807, 2.05) is 11.8 Å². The van der Waals surface area contributed by atoms with Crippen molar-refractivity contribution in [2.75, 3.05) is 38.2 Å². The van der Waals surface area contributed by atoms with Crippen LogP contribution in [-0.4, -0.2) is 53.6 Å². The molecule has 1 N–H and O–H groups in total. The Bertz CT molecular complexity index is 527. The van der Waals surface area contributed by atoms with Crippen molar-refractivity contribution < 1.29 is 9.53 Å². The first-order valence-corrected chi connectivity index (χ1v) is 7.70. The monoisotopic (exact) mass is 290 g/mol. The van der Waals surface area contributed by atoms with Crippen LogP contribution in [0.5, 0.6) is 0 Å². The molecule has 114 valence electrons. The lowest BCUT2D eigenvalue weighted by molar-refractivity contribution is -0.133. The number of carbonyl (C=O) groups excluding carboxylic acids is 1. The van der Waals surface area contributed by atoms with Crippen LogP contribution < -0.4 is 5.32 Å². The van der Waals surface area contributed by atoms with Crippen molar-refractivity contribution in [2.45, 2.75) is 32.6 Å². The lowest BCUT2D eigenvalue weighted by Crippen LogP contribution is -2.43. The van der Waals surface area contributed by atoms with Crippen molar-refractivity contribution in [3.63, 3.8) is 0 Å².